The maximum absolute atomic E-state index is 13.0. The van der Waals surface area contributed by atoms with Gasteiger partial charge in [-0.3, -0.25) is 9.59 Å². The molecule has 152 valence electrons. The van der Waals surface area contributed by atoms with Crippen LogP contribution in [-0.2, 0) is 11.3 Å². The van der Waals surface area contributed by atoms with Gasteiger partial charge in [0.2, 0.25) is 5.91 Å². The predicted molar refractivity (Wildman–Crippen MR) is 115 cm³/mol. The topological polar surface area (TPSA) is 71.6 Å². The number of rotatable bonds is 7. The highest BCUT2D eigenvalue weighted by Crippen LogP contribution is 2.24. The van der Waals surface area contributed by atoms with E-state index in [0.717, 1.165) is 16.6 Å². The molecule has 6 heteroatoms. The number of pyridine rings is 1. The van der Waals surface area contributed by atoms with Crippen molar-refractivity contribution >= 4 is 22.5 Å². The molecule has 0 bridgehead atoms. The molecule has 3 aromatic rings. The molecule has 0 aliphatic carbocycles. The van der Waals surface area contributed by atoms with E-state index in [1.807, 2.05) is 44.2 Å². The van der Waals surface area contributed by atoms with E-state index in [-0.39, 0.29) is 23.9 Å². The van der Waals surface area contributed by atoms with Crippen LogP contribution in [0.25, 0.3) is 10.9 Å². The van der Waals surface area contributed by atoms with Crippen LogP contribution in [0.1, 0.15) is 25.8 Å². The Morgan fingerprint density at radius 1 is 1.00 bits per heavy atom. The maximum Gasteiger partial charge on any atom is 0.253 e. The number of carbonyl (C=O) groups is 1. The van der Waals surface area contributed by atoms with Gasteiger partial charge in [0.15, 0.2) is 0 Å². The van der Waals surface area contributed by atoms with E-state index in [2.05, 4.69) is 4.98 Å². The summed E-state index contributed by atoms with van der Waals surface area (Å²) in [6.07, 6.45) is 0.394. The molecule has 0 fully saturated rings. The van der Waals surface area contributed by atoms with Crippen LogP contribution >= 0.6 is 0 Å². The Kier molecular flexibility index (Phi) is 6.22. The SMILES string of the molecule is COc1ccc(N(Cc2cc3cc(OC)ccc3[nH]c2=O)C(=O)CC(C)C)cc1. The molecule has 29 heavy (non-hydrogen) atoms. The Morgan fingerprint density at radius 2 is 1.66 bits per heavy atom. The first kappa shape index (κ1) is 20.5. The number of nitrogens with zero attached hydrogens (tertiary/aromatic N) is 1. The zero-order chi connectivity index (χ0) is 21.0. The van der Waals surface area contributed by atoms with Crippen molar-refractivity contribution in [1.29, 1.82) is 0 Å². The van der Waals surface area contributed by atoms with Gasteiger partial charge in [-0.2, -0.15) is 0 Å². The number of hydrogen-bond donors (Lipinski definition) is 1. The average Bonchev–Trinajstić information content (AvgIpc) is 2.71. The van der Waals surface area contributed by atoms with Crippen molar-refractivity contribution in [2.24, 2.45) is 5.92 Å². The molecule has 0 atom stereocenters. The van der Waals surface area contributed by atoms with Gasteiger partial charge < -0.3 is 19.4 Å². The smallest absolute Gasteiger partial charge is 0.253 e. The first-order valence-electron chi connectivity index (χ1n) is 9.55. The molecule has 1 N–H and O–H groups in total. The summed E-state index contributed by atoms with van der Waals surface area (Å²) >= 11 is 0. The van der Waals surface area contributed by atoms with E-state index in [1.165, 1.54) is 0 Å². The van der Waals surface area contributed by atoms with Crippen molar-refractivity contribution < 1.29 is 14.3 Å². The predicted octanol–water partition coefficient (Wildman–Crippen LogP) is 4.12. The lowest BCUT2D eigenvalue weighted by atomic mass is 10.1. The molecule has 0 saturated carbocycles. The van der Waals surface area contributed by atoms with Crippen molar-refractivity contribution in [3.8, 4) is 11.5 Å². The van der Waals surface area contributed by atoms with Crippen molar-refractivity contribution in [2.75, 3.05) is 19.1 Å². The fourth-order valence-corrected chi connectivity index (χ4v) is 3.19. The van der Waals surface area contributed by atoms with Crippen LogP contribution in [-0.4, -0.2) is 25.1 Å². The largest absolute Gasteiger partial charge is 0.497 e. The normalized spacial score (nSPS) is 10.9. The van der Waals surface area contributed by atoms with Gasteiger partial charge in [0, 0.05) is 28.6 Å². The highest BCUT2D eigenvalue weighted by Gasteiger charge is 2.19. The molecule has 1 amide bonds. The maximum atomic E-state index is 13.0. The van der Waals surface area contributed by atoms with E-state index in [9.17, 15) is 9.59 Å². The van der Waals surface area contributed by atoms with E-state index in [4.69, 9.17) is 9.47 Å². The van der Waals surface area contributed by atoms with E-state index >= 15 is 0 Å². The number of nitrogens with one attached hydrogen (secondary N) is 1. The molecule has 0 aliphatic heterocycles. The number of H-pyrrole nitrogens is 1. The van der Waals surface area contributed by atoms with Crippen LogP contribution in [0.4, 0.5) is 5.69 Å². The second kappa shape index (κ2) is 8.82. The summed E-state index contributed by atoms with van der Waals surface area (Å²) in [4.78, 5) is 30.1. The Balaban J connectivity index is 2.00. The van der Waals surface area contributed by atoms with Gasteiger partial charge in [0.05, 0.1) is 20.8 Å². The lowest BCUT2D eigenvalue weighted by Gasteiger charge is -2.24. The van der Waals surface area contributed by atoms with Gasteiger partial charge in [0.25, 0.3) is 5.56 Å². The zero-order valence-corrected chi connectivity index (χ0v) is 17.2. The minimum atomic E-state index is -0.210. The monoisotopic (exact) mass is 394 g/mol. The van der Waals surface area contributed by atoms with E-state index < -0.39 is 0 Å². The molecule has 1 aromatic heterocycles. The lowest BCUT2D eigenvalue weighted by molar-refractivity contribution is -0.119. The third kappa shape index (κ3) is 4.77. The molecule has 0 saturated heterocycles. The fraction of sp³-hybridized carbons (Fsp3) is 0.304. The molecule has 0 radical (unpaired) electrons. The second-order valence-electron chi connectivity index (χ2n) is 7.35. The average molecular weight is 394 g/mol. The second-order valence-corrected chi connectivity index (χ2v) is 7.35. The summed E-state index contributed by atoms with van der Waals surface area (Å²) < 4.78 is 10.5. The third-order valence-corrected chi connectivity index (χ3v) is 4.72. The summed E-state index contributed by atoms with van der Waals surface area (Å²) in [6.45, 7) is 4.18. The van der Waals surface area contributed by atoms with E-state index in [1.54, 1.807) is 37.3 Å². The Bertz CT molecular complexity index is 1050. The van der Waals surface area contributed by atoms with Crippen LogP contribution < -0.4 is 19.9 Å². The summed E-state index contributed by atoms with van der Waals surface area (Å²) in [5, 5.41) is 0.852. The first-order chi connectivity index (χ1) is 13.9. The zero-order valence-electron chi connectivity index (χ0n) is 17.2. The van der Waals surface area contributed by atoms with Crippen molar-refractivity contribution in [3.63, 3.8) is 0 Å². The number of methoxy groups -OCH3 is 2. The molecule has 2 aromatic carbocycles. The van der Waals surface area contributed by atoms with Crippen molar-refractivity contribution in [1.82, 2.24) is 4.98 Å². The number of ether oxygens (including phenoxy) is 2. The Labute approximate surface area is 170 Å². The molecule has 3 rings (SSSR count). The number of anilines is 1. The minimum Gasteiger partial charge on any atom is -0.497 e. The molecule has 1 heterocycles. The van der Waals surface area contributed by atoms with Crippen molar-refractivity contribution in [3.05, 3.63) is 64.4 Å². The lowest BCUT2D eigenvalue weighted by Crippen LogP contribution is -2.33. The van der Waals surface area contributed by atoms with Crippen molar-refractivity contribution in [2.45, 2.75) is 26.8 Å². The van der Waals surface area contributed by atoms with E-state index in [0.29, 0.717) is 23.5 Å². The van der Waals surface area contributed by atoms with Crippen LogP contribution in [0, 0.1) is 5.92 Å². The first-order valence-corrected chi connectivity index (χ1v) is 9.55. The highest BCUT2D eigenvalue weighted by molar-refractivity contribution is 5.93. The number of fused-ring (bicyclic) bond motifs is 1. The highest BCUT2D eigenvalue weighted by atomic mass is 16.5. The summed E-state index contributed by atoms with van der Waals surface area (Å²) in [7, 11) is 3.20. The molecule has 0 spiro atoms. The summed E-state index contributed by atoms with van der Waals surface area (Å²) in [6, 6.07) is 14.6. The van der Waals surface area contributed by atoms with Gasteiger partial charge in [-0.1, -0.05) is 13.8 Å². The number of benzene rings is 2. The Morgan fingerprint density at radius 3 is 2.28 bits per heavy atom. The van der Waals surface area contributed by atoms with Crippen LogP contribution in [0.5, 0.6) is 11.5 Å². The summed E-state index contributed by atoms with van der Waals surface area (Å²) in [5.74, 6) is 1.59. The number of aromatic nitrogens is 1. The molecule has 0 aliphatic rings. The number of hydrogen-bond acceptors (Lipinski definition) is 4. The molecule has 6 nitrogen and oxygen atoms in total. The standard InChI is InChI=1S/C23H26N2O4/c1-15(2)11-22(26)25(18-5-7-19(28-3)8-6-18)14-17-12-16-13-20(29-4)9-10-21(16)24-23(17)27/h5-10,12-13,15H,11,14H2,1-4H3,(H,24,27). The van der Waals surface area contributed by atoms with Crippen LogP contribution in [0.15, 0.2) is 53.3 Å². The molecular formula is C23H26N2O4. The Hall–Kier alpha value is -3.28. The third-order valence-electron chi connectivity index (χ3n) is 4.72. The quantitative estimate of drug-likeness (QED) is 0.654. The van der Waals surface area contributed by atoms with Crippen LogP contribution in [0.2, 0.25) is 0 Å². The van der Waals surface area contributed by atoms with Gasteiger partial charge >= 0.3 is 0 Å². The van der Waals surface area contributed by atoms with Gasteiger partial charge in [-0.15, -0.1) is 0 Å². The van der Waals surface area contributed by atoms with Gasteiger partial charge in [-0.25, -0.2) is 0 Å². The number of amides is 1. The van der Waals surface area contributed by atoms with Gasteiger partial charge in [-0.05, 0) is 54.4 Å². The molecular weight excluding hydrogens is 368 g/mol. The van der Waals surface area contributed by atoms with Crippen LogP contribution in [0.3, 0.4) is 0 Å². The number of carbonyl (C=O) groups excluding carboxylic acids is 1. The van der Waals surface area contributed by atoms with Gasteiger partial charge in [0.1, 0.15) is 11.5 Å². The summed E-state index contributed by atoms with van der Waals surface area (Å²) in [5.41, 5.74) is 1.75. The number of aromatic amines is 1. The fourth-order valence-electron chi connectivity index (χ4n) is 3.19. The molecule has 0 unspecified atom stereocenters. The minimum absolute atomic E-state index is 0.0321.